The number of rotatable bonds is 4. The number of halogens is 5. The maximum atomic E-state index is 11.6. The monoisotopic (exact) mass is 224 g/mol. The zero-order valence-electron chi connectivity index (χ0n) is 6.64. The van der Waals surface area contributed by atoms with Gasteiger partial charge in [-0.1, -0.05) is 0 Å². The molecule has 0 saturated carbocycles. The Bertz CT molecular complexity index is 215. The lowest BCUT2D eigenvalue weighted by atomic mass is 10.3. The summed E-state index contributed by atoms with van der Waals surface area (Å²) in [4.78, 5) is 10.2. The van der Waals surface area contributed by atoms with Crippen LogP contribution in [0.5, 0.6) is 0 Å². The molecule has 1 atom stereocenters. The molecule has 0 aliphatic rings. The number of carboxylic acids is 1. The van der Waals surface area contributed by atoms with Crippen molar-refractivity contribution in [3.63, 3.8) is 0 Å². The maximum absolute atomic E-state index is 11.6. The van der Waals surface area contributed by atoms with Crippen molar-refractivity contribution in [2.24, 2.45) is 0 Å². The van der Waals surface area contributed by atoms with Gasteiger partial charge in [0.1, 0.15) is 0 Å². The Morgan fingerprint density at radius 2 is 1.79 bits per heavy atom. The van der Waals surface area contributed by atoms with Crippen LogP contribution in [0.25, 0.3) is 0 Å². The minimum absolute atomic E-state index is 0.217. The van der Waals surface area contributed by atoms with E-state index < -0.39 is 24.7 Å². The highest BCUT2D eigenvalue weighted by Gasteiger charge is 2.48. The van der Waals surface area contributed by atoms with E-state index in [1.54, 1.807) is 0 Å². The van der Waals surface area contributed by atoms with E-state index in [9.17, 15) is 26.7 Å². The molecule has 0 aromatic rings. The maximum Gasteiger partial charge on any atom is 0.525 e. The van der Waals surface area contributed by atoms with Crippen molar-refractivity contribution in [1.29, 1.82) is 0 Å². The van der Waals surface area contributed by atoms with Crippen LogP contribution in [-0.2, 0) is 14.3 Å². The average molecular weight is 224 g/mol. The number of alkyl halides is 5. The number of hydrogen-bond acceptors (Lipinski definition) is 3. The minimum atomic E-state index is -5.39. The fraction of sp³-hybridized carbons (Fsp3) is 0.800. The van der Waals surface area contributed by atoms with E-state index in [2.05, 4.69) is 9.47 Å². The predicted octanol–water partition coefficient (Wildman–Crippen LogP) is 1.56. The van der Waals surface area contributed by atoms with E-state index >= 15 is 0 Å². The topological polar surface area (TPSA) is 55.8 Å². The van der Waals surface area contributed by atoms with Crippen LogP contribution in [0, 0.1) is 0 Å². The molecule has 0 bridgehead atoms. The molecule has 4 nitrogen and oxygen atoms in total. The molecule has 0 aliphatic heterocycles. The SMILES string of the molecule is CC(OC(F)F)(OC(F)(F)F)C(=O)O. The second-order valence-electron chi connectivity index (χ2n) is 2.18. The molecule has 0 saturated heterocycles. The van der Waals surface area contributed by atoms with Crippen LogP contribution in [0.2, 0.25) is 0 Å². The van der Waals surface area contributed by atoms with Crippen molar-refractivity contribution in [3.8, 4) is 0 Å². The molecule has 0 aromatic carbocycles. The summed E-state index contributed by atoms with van der Waals surface area (Å²) in [6, 6.07) is 0. The van der Waals surface area contributed by atoms with Gasteiger partial charge in [0.25, 0.3) is 5.79 Å². The molecular weight excluding hydrogens is 219 g/mol. The molecule has 0 aromatic heterocycles. The standard InChI is InChI=1S/C5H5F5O4/c1-4(2(11)12,13-3(6)7)14-5(8,9)10/h3H,1H3,(H,11,12). The fourth-order valence-corrected chi connectivity index (χ4v) is 0.509. The van der Waals surface area contributed by atoms with E-state index in [1.165, 1.54) is 0 Å². The summed E-state index contributed by atoms with van der Waals surface area (Å²) < 4.78 is 63.8. The van der Waals surface area contributed by atoms with Gasteiger partial charge < -0.3 is 5.11 Å². The summed E-state index contributed by atoms with van der Waals surface area (Å²) in [6.45, 7) is -3.48. The van der Waals surface area contributed by atoms with Crippen LogP contribution >= 0.6 is 0 Å². The lowest BCUT2D eigenvalue weighted by molar-refractivity contribution is -0.421. The van der Waals surface area contributed by atoms with Gasteiger partial charge in [-0.15, -0.1) is 13.2 Å². The first-order valence-corrected chi connectivity index (χ1v) is 3.03. The molecule has 9 heteroatoms. The highest BCUT2D eigenvalue weighted by molar-refractivity contribution is 5.75. The van der Waals surface area contributed by atoms with E-state index in [0.29, 0.717) is 0 Å². The molecule has 1 N–H and O–H groups in total. The number of carbonyl (C=O) groups is 1. The Balaban J connectivity index is 4.65. The first-order chi connectivity index (χ1) is 6.07. The Kier molecular flexibility index (Phi) is 3.77. The van der Waals surface area contributed by atoms with Gasteiger partial charge in [-0.3, -0.25) is 4.74 Å². The summed E-state index contributed by atoms with van der Waals surface area (Å²) in [7, 11) is 0. The first-order valence-electron chi connectivity index (χ1n) is 3.03. The van der Waals surface area contributed by atoms with E-state index in [0.717, 1.165) is 0 Å². The number of aliphatic carboxylic acids is 1. The molecule has 0 rings (SSSR count). The largest absolute Gasteiger partial charge is 0.525 e. The van der Waals surface area contributed by atoms with Crippen LogP contribution in [0.4, 0.5) is 22.0 Å². The van der Waals surface area contributed by atoms with Gasteiger partial charge in [-0.25, -0.2) is 9.53 Å². The van der Waals surface area contributed by atoms with E-state index in [4.69, 9.17) is 5.11 Å². The highest BCUT2D eigenvalue weighted by Crippen LogP contribution is 2.27. The molecule has 14 heavy (non-hydrogen) atoms. The Morgan fingerprint density at radius 3 is 2.00 bits per heavy atom. The summed E-state index contributed by atoms with van der Waals surface area (Å²) in [5.74, 6) is -5.76. The minimum Gasteiger partial charge on any atom is -0.477 e. The number of carboxylic acid groups (broad SMARTS) is 1. The van der Waals surface area contributed by atoms with Gasteiger partial charge in [0.05, 0.1) is 0 Å². The van der Waals surface area contributed by atoms with Crippen LogP contribution in [-0.4, -0.2) is 29.8 Å². The molecule has 1 unspecified atom stereocenters. The second-order valence-corrected chi connectivity index (χ2v) is 2.18. The predicted molar refractivity (Wildman–Crippen MR) is 30.3 cm³/mol. The molecule has 0 fully saturated rings. The Labute approximate surface area is 74.2 Å². The molecule has 0 aliphatic carbocycles. The van der Waals surface area contributed by atoms with Crippen LogP contribution in [0.3, 0.4) is 0 Å². The van der Waals surface area contributed by atoms with Crippen molar-refractivity contribution < 1.29 is 41.3 Å². The second kappa shape index (κ2) is 4.05. The smallest absolute Gasteiger partial charge is 0.477 e. The van der Waals surface area contributed by atoms with Crippen molar-refractivity contribution in [3.05, 3.63) is 0 Å². The van der Waals surface area contributed by atoms with Gasteiger partial charge >= 0.3 is 18.9 Å². The molecule has 0 spiro atoms. The summed E-state index contributed by atoms with van der Waals surface area (Å²) in [5.41, 5.74) is 0. The van der Waals surface area contributed by atoms with Crippen molar-refractivity contribution in [2.75, 3.05) is 0 Å². The Hall–Kier alpha value is -0.960. The molecule has 0 radical (unpaired) electrons. The lowest BCUT2D eigenvalue weighted by Crippen LogP contribution is -2.46. The third kappa shape index (κ3) is 4.33. The van der Waals surface area contributed by atoms with Gasteiger partial charge in [0, 0.05) is 6.92 Å². The summed E-state index contributed by atoms with van der Waals surface area (Å²) >= 11 is 0. The third-order valence-electron chi connectivity index (χ3n) is 1.01. The number of hydrogen-bond donors (Lipinski definition) is 1. The van der Waals surface area contributed by atoms with Crippen molar-refractivity contribution in [2.45, 2.75) is 25.7 Å². The lowest BCUT2D eigenvalue weighted by Gasteiger charge is -2.25. The molecule has 84 valence electrons. The van der Waals surface area contributed by atoms with Crippen molar-refractivity contribution >= 4 is 5.97 Å². The van der Waals surface area contributed by atoms with Gasteiger partial charge in [0.2, 0.25) is 0 Å². The zero-order chi connectivity index (χ0) is 11.6. The number of ether oxygens (including phenoxy) is 2. The van der Waals surface area contributed by atoms with E-state index in [-0.39, 0.29) is 6.92 Å². The van der Waals surface area contributed by atoms with Gasteiger partial charge in [0.15, 0.2) is 0 Å². The van der Waals surface area contributed by atoms with Crippen LogP contribution in [0.1, 0.15) is 6.92 Å². The zero-order valence-corrected chi connectivity index (χ0v) is 6.64. The van der Waals surface area contributed by atoms with Crippen molar-refractivity contribution in [1.82, 2.24) is 0 Å². The van der Waals surface area contributed by atoms with E-state index in [1.807, 2.05) is 0 Å². The van der Waals surface area contributed by atoms with Gasteiger partial charge in [-0.2, -0.15) is 8.78 Å². The van der Waals surface area contributed by atoms with Gasteiger partial charge in [-0.05, 0) is 0 Å². The normalized spacial score (nSPS) is 16.8. The molecule has 0 amide bonds. The fourth-order valence-electron chi connectivity index (χ4n) is 0.509. The third-order valence-corrected chi connectivity index (χ3v) is 1.01. The quantitative estimate of drug-likeness (QED) is 0.581. The summed E-state index contributed by atoms with van der Waals surface area (Å²) in [6.07, 6.45) is -5.39. The molecular formula is C5H5F5O4. The Morgan fingerprint density at radius 1 is 1.36 bits per heavy atom. The summed E-state index contributed by atoms with van der Waals surface area (Å²) in [5, 5.41) is 8.16. The van der Waals surface area contributed by atoms with Crippen LogP contribution < -0.4 is 0 Å². The first kappa shape index (κ1) is 13.0. The average Bonchev–Trinajstić information content (AvgIpc) is 1.79. The molecule has 0 heterocycles. The highest BCUT2D eigenvalue weighted by atomic mass is 19.4. The van der Waals surface area contributed by atoms with Crippen LogP contribution in [0.15, 0.2) is 0 Å².